The van der Waals surface area contributed by atoms with Crippen LogP contribution in [0.5, 0.6) is 0 Å². The van der Waals surface area contributed by atoms with Crippen LogP contribution < -0.4 is 10.2 Å². The molecule has 1 N–H and O–H groups in total. The zero-order valence-electron chi connectivity index (χ0n) is 19.1. The molecule has 1 aliphatic heterocycles. The Bertz CT molecular complexity index is 1190. The molecule has 1 fully saturated rings. The molecule has 3 aromatic rings. The van der Waals surface area contributed by atoms with Crippen LogP contribution in [0.15, 0.2) is 48.7 Å². The third kappa shape index (κ3) is 5.30. The van der Waals surface area contributed by atoms with Crippen LogP contribution >= 0.6 is 0 Å². The van der Waals surface area contributed by atoms with Gasteiger partial charge < -0.3 is 15.0 Å². The molecule has 2 heterocycles. The highest BCUT2D eigenvalue weighted by atomic mass is 19.1. The van der Waals surface area contributed by atoms with Gasteiger partial charge in [-0.2, -0.15) is 0 Å². The first kappa shape index (κ1) is 22.7. The monoisotopic (exact) mass is 449 g/mol. The number of carbonyl (C=O) groups is 2. The van der Waals surface area contributed by atoms with Crippen LogP contribution in [-0.4, -0.2) is 42.1 Å². The quantitative estimate of drug-likeness (QED) is 0.544. The smallest absolute Gasteiger partial charge is 0.407 e. The van der Waals surface area contributed by atoms with Gasteiger partial charge in [-0.1, -0.05) is 18.2 Å². The minimum absolute atomic E-state index is 0.112. The number of halogens is 1. The number of benzene rings is 2. The van der Waals surface area contributed by atoms with Crippen molar-refractivity contribution < 1.29 is 18.7 Å². The number of ether oxygens (including phenoxy) is 1. The van der Waals surface area contributed by atoms with Gasteiger partial charge in [0.15, 0.2) is 6.29 Å². The lowest BCUT2D eigenvalue weighted by Crippen LogP contribution is -2.49. The number of fused-ring (bicyclic) bond motifs is 1. The number of anilines is 1. The maximum Gasteiger partial charge on any atom is 0.407 e. The standard InChI is InChI=1S/C26H28FN3O3/c1-26(2,3)33-25(32)29-19-6-5-11-30(15-19)24-10-9-18(13-22(24)27)20-7-4-8-23-21(20)12-17(16-31)14-28-23/h4,7-10,12-14,16,19H,5-6,11,15H2,1-3H3,(H,29,32)/t19-/m1/s1. The molecular weight excluding hydrogens is 421 g/mol. The molecule has 33 heavy (non-hydrogen) atoms. The molecule has 0 bridgehead atoms. The van der Waals surface area contributed by atoms with Gasteiger partial charge in [-0.15, -0.1) is 0 Å². The van der Waals surface area contributed by atoms with Crippen LogP contribution in [0, 0.1) is 5.82 Å². The molecule has 1 atom stereocenters. The van der Waals surface area contributed by atoms with Crippen molar-refractivity contribution >= 4 is 29.0 Å². The summed E-state index contributed by atoms with van der Waals surface area (Å²) in [5, 5.41) is 3.70. The number of aromatic nitrogens is 1. The van der Waals surface area contributed by atoms with Crippen molar-refractivity contribution in [2.24, 2.45) is 0 Å². The van der Waals surface area contributed by atoms with E-state index in [9.17, 15) is 9.59 Å². The second kappa shape index (κ2) is 9.17. The first-order chi connectivity index (χ1) is 15.7. The van der Waals surface area contributed by atoms with Crippen LogP contribution in [0.1, 0.15) is 44.0 Å². The zero-order chi connectivity index (χ0) is 23.6. The van der Waals surface area contributed by atoms with E-state index < -0.39 is 11.7 Å². The number of alkyl carbamates (subject to hydrolysis) is 1. The Morgan fingerprint density at radius 2 is 2.06 bits per heavy atom. The van der Waals surface area contributed by atoms with Gasteiger partial charge in [0.05, 0.1) is 11.2 Å². The molecule has 1 aliphatic rings. The lowest BCUT2D eigenvalue weighted by atomic mass is 9.98. The van der Waals surface area contributed by atoms with Crippen molar-refractivity contribution in [2.75, 3.05) is 18.0 Å². The molecule has 172 valence electrons. The molecule has 4 rings (SSSR count). The third-order valence-corrected chi connectivity index (χ3v) is 5.62. The number of piperidine rings is 1. The molecule has 2 aromatic carbocycles. The summed E-state index contributed by atoms with van der Waals surface area (Å²) in [7, 11) is 0. The van der Waals surface area contributed by atoms with E-state index in [1.807, 2.05) is 49.9 Å². The van der Waals surface area contributed by atoms with Gasteiger partial charge in [0.2, 0.25) is 0 Å². The Morgan fingerprint density at radius 3 is 2.79 bits per heavy atom. The Hall–Kier alpha value is -3.48. The molecule has 6 nitrogen and oxygen atoms in total. The number of amides is 1. The molecule has 1 amide bonds. The number of nitrogens with one attached hydrogen (secondary N) is 1. The lowest BCUT2D eigenvalue weighted by molar-refractivity contribution is 0.0500. The maximum absolute atomic E-state index is 15.3. The normalized spacial score (nSPS) is 16.5. The first-order valence-corrected chi connectivity index (χ1v) is 11.1. The molecule has 0 radical (unpaired) electrons. The molecule has 1 aromatic heterocycles. The van der Waals surface area contributed by atoms with Crippen LogP contribution in [-0.2, 0) is 4.74 Å². The average molecular weight is 450 g/mol. The topological polar surface area (TPSA) is 71.5 Å². The van der Waals surface area contributed by atoms with Crippen molar-refractivity contribution in [3.63, 3.8) is 0 Å². The third-order valence-electron chi connectivity index (χ3n) is 5.62. The second-order valence-corrected chi connectivity index (χ2v) is 9.36. The number of hydrogen-bond acceptors (Lipinski definition) is 5. The van der Waals surface area contributed by atoms with Crippen LogP contribution in [0.4, 0.5) is 14.9 Å². The predicted molar refractivity (Wildman–Crippen MR) is 127 cm³/mol. The molecular formula is C26H28FN3O3. The van der Waals surface area contributed by atoms with Gasteiger partial charge in [-0.3, -0.25) is 9.78 Å². The van der Waals surface area contributed by atoms with Crippen molar-refractivity contribution in [2.45, 2.75) is 45.3 Å². The van der Waals surface area contributed by atoms with Gasteiger partial charge in [0, 0.05) is 36.3 Å². The Balaban J connectivity index is 1.55. The molecule has 1 saturated heterocycles. The van der Waals surface area contributed by atoms with E-state index in [0.29, 0.717) is 29.9 Å². The summed E-state index contributed by atoms with van der Waals surface area (Å²) in [5.74, 6) is -0.332. The Morgan fingerprint density at radius 1 is 1.24 bits per heavy atom. The summed E-state index contributed by atoms with van der Waals surface area (Å²) >= 11 is 0. The van der Waals surface area contributed by atoms with E-state index in [-0.39, 0.29) is 11.9 Å². The largest absolute Gasteiger partial charge is 0.444 e. The zero-order valence-corrected chi connectivity index (χ0v) is 19.1. The van der Waals surface area contributed by atoms with E-state index in [2.05, 4.69) is 10.3 Å². The van der Waals surface area contributed by atoms with E-state index in [0.717, 1.165) is 35.6 Å². The van der Waals surface area contributed by atoms with Gasteiger partial charge >= 0.3 is 6.09 Å². The average Bonchev–Trinajstić information content (AvgIpc) is 2.77. The minimum Gasteiger partial charge on any atom is -0.444 e. The fraction of sp³-hybridized carbons (Fsp3) is 0.346. The molecule has 0 spiro atoms. The van der Waals surface area contributed by atoms with Crippen molar-refractivity contribution in [3.05, 3.63) is 60.0 Å². The van der Waals surface area contributed by atoms with Crippen LogP contribution in [0.3, 0.4) is 0 Å². The summed E-state index contributed by atoms with van der Waals surface area (Å²) in [6.07, 6.45) is 3.48. The van der Waals surface area contributed by atoms with E-state index in [1.54, 1.807) is 12.1 Å². The Labute approximate surface area is 192 Å². The summed E-state index contributed by atoms with van der Waals surface area (Å²) in [5.41, 5.74) is 2.69. The summed E-state index contributed by atoms with van der Waals surface area (Å²) < 4.78 is 20.6. The number of hydrogen-bond donors (Lipinski definition) is 1. The molecule has 0 unspecified atom stereocenters. The first-order valence-electron chi connectivity index (χ1n) is 11.1. The molecule has 0 aliphatic carbocycles. The minimum atomic E-state index is -0.565. The second-order valence-electron chi connectivity index (χ2n) is 9.36. The SMILES string of the molecule is CC(C)(C)OC(=O)N[C@@H]1CCCN(c2ccc(-c3cccc4ncc(C=O)cc34)cc2F)C1. The Kier molecular flexibility index (Phi) is 6.31. The number of carbonyl (C=O) groups excluding carboxylic acids is 2. The highest BCUT2D eigenvalue weighted by Crippen LogP contribution is 2.32. The molecule has 0 saturated carbocycles. The van der Waals surface area contributed by atoms with Crippen molar-refractivity contribution in [1.82, 2.24) is 10.3 Å². The predicted octanol–water partition coefficient (Wildman–Crippen LogP) is 5.35. The number of pyridine rings is 1. The van der Waals surface area contributed by atoms with Gasteiger partial charge in [-0.25, -0.2) is 9.18 Å². The summed E-state index contributed by atoms with van der Waals surface area (Å²) in [4.78, 5) is 29.6. The highest BCUT2D eigenvalue weighted by molar-refractivity contribution is 5.97. The van der Waals surface area contributed by atoms with E-state index in [4.69, 9.17) is 4.74 Å². The lowest BCUT2D eigenvalue weighted by Gasteiger charge is -2.35. The van der Waals surface area contributed by atoms with Crippen molar-refractivity contribution in [3.8, 4) is 11.1 Å². The van der Waals surface area contributed by atoms with Gasteiger partial charge in [0.25, 0.3) is 0 Å². The van der Waals surface area contributed by atoms with Crippen molar-refractivity contribution in [1.29, 1.82) is 0 Å². The van der Waals surface area contributed by atoms with Gasteiger partial charge in [0.1, 0.15) is 11.4 Å². The maximum atomic E-state index is 15.3. The number of aldehydes is 1. The fourth-order valence-electron chi connectivity index (χ4n) is 4.20. The number of rotatable bonds is 4. The summed E-state index contributed by atoms with van der Waals surface area (Å²) in [6, 6.07) is 12.5. The van der Waals surface area contributed by atoms with Gasteiger partial charge in [-0.05, 0) is 69.0 Å². The number of nitrogens with zero attached hydrogens (tertiary/aromatic N) is 2. The summed E-state index contributed by atoms with van der Waals surface area (Å²) in [6.45, 7) is 6.69. The van der Waals surface area contributed by atoms with Crippen LogP contribution in [0.25, 0.3) is 22.0 Å². The fourth-order valence-corrected chi connectivity index (χ4v) is 4.20. The van der Waals surface area contributed by atoms with E-state index >= 15 is 4.39 Å². The van der Waals surface area contributed by atoms with Crippen LogP contribution in [0.2, 0.25) is 0 Å². The highest BCUT2D eigenvalue weighted by Gasteiger charge is 2.25. The molecule has 7 heteroatoms. The van der Waals surface area contributed by atoms with E-state index in [1.165, 1.54) is 12.3 Å².